The summed E-state index contributed by atoms with van der Waals surface area (Å²) in [5.74, 6) is -0.628. The monoisotopic (exact) mass is 197 g/mol. The molecule has 0 aromatic carbocycles. The van der Waals surface area contributed by atoms with E-state index in [9.17, 15) is 9.59 Å². The molecule has 0 aromatic heterocycles. The van der Waals surface area contributed by atoms with Crippen molar-refractivity contribution in [2.75, 3.05) is 6.61 Å². The van der Waals surface area contributed by atoms with Crippen LogP contribution in [0.25, 0.3) is 0 Å². The topological polar surface area (TPSA) is 57.6 Å². The van der Waals surface area contributed by atoms with Gasteiger partial charge in [-0.1, -0.05) is 13.8 Å². The molecule has 2 unspecified atom stereocenters. The van der Waals surface area contributed by atoms with Crippen LogP contribution in [0, 0.1) is 5.92 Å². The van der Waals surface area contributed by atoms with Crippen LogP contribution in [0.15, 0.2) is 12.2 Å². The zero-order chi connectivity index (χ0) is 10.7. The average Bonchev–Trinajstić information content (AvgIpc) is 2.50. The SMILES string of the molecule is CCC(C(C)CO)N1C(=O)C=CC1=O. The van der Waals surface area contributed by atoms with Gasteiger partial charge in [0.15, 0.2) is 0 Å². The summed E-state index contributed by atoms with van der Waals surface area (Å²) in [5, 5.41) is 9.00. The van der Waals surface area contributed by atoms with Gasteiger partial charge in [-0.3, -0.25) is 14.5 Å². The molecule has 2 atom stereocenters. The Labute approximate surface area is 83.2 Å². The van der Waals surface area contributed by atoms with E-state index in [0.717, 1.165) is 0 Å². The fourth-order valence-electron chi connectivity index (χ4n) is 1.70. The Bertz CT molecular complexity index is 255. The molecule has 0 saturated carbocycles. The maximum atomic E-state index is 11.3. The number of carbonyl (C=O) groups excluding carboxylic acids is 2. The average molecular weight is 197 g/mol. The first-order chi connectivity index (χ1) is 6.61. The fourth-order valence-corrected chi connectivity index (χ4v) is 1.70. The summed E-state index contributed by atoms with van der Waals surface area (Å²) < 4.78 is 0. The van der Waals surface area contributed by atoms with Crippen LogP contribution in [0.3, 0.4) is 0 Å². The minimum atomic E-state index is -0.276. The Hall–Kier alpha value is -1.16. The highest BCUT2D eigenvalue weighted by molar-refractivity contribution is 6.13. The third kappa shape index (κ3) is 1.85. The Balaban J connectivity index is 2.79. The normalized spacial score (nSPS) is 20.4. The van der Waals surface area contributed by atoms with Crippen molar-refractivity contribution in [1.82, 2.24) is 4.90 Å². The number of rotatable bonds is 4. The maximum Gasteiger partial charge on any atom is 0.253 e. The van der Waals surface area contributed by atoms with E-state index in [-0.39, 0.29) is 30.4 Å². The lowest BCUT2D eigenvalue weighted by Crippen LogP contribution is -2.44. The van der Waals surface area contributed by atoms with Crippen molar-refractivity contribution in [1.29, 1.82) is 0 Å². The fraction of sp³-hybridized carbons (Fsp3) is 0.600. The summed E-state index contributed by atoms with van der Waals surface area (Å²) in [6.07, 6.45) is 3.21. The summed E-state index contributed by atoms with van der Waals surface area (Å²) in [5.41, 5.74) is 0. The van der Waals surface area contributed by atoms with Gasteiger partial charge in [0.25, 0.3) is 11.8 Å². The highest BCUT2D eigenvalue weighted by atomic mass is 16.3. The molecule has 78 valence electrons. The third-order valence-corrected chi connectivity index (χ3v) is 2.54. The van der Waals surface area contributed by atoms with Gasteiger partial charge in [-0.15, -0.1) is 0 Å². The van der Waals surface area contributed by atoms with Crippen molar-refractivity contribution in [2.45, 2.75) is 26.3 Å². The standard InChI is InChI=1S/C10H15NO3/c1-3-8(7(2)6-12)11-9(13)4-5-10(11)14/h4-5,7-8,12H,3,6H2,1-2H3. The first kappa shape index (κ1) is 10.9. The minimum absolute atomic E-state index is 0.0183. The third-order valence-electron chi connectivity index (χ3n) is 2.54. The molecule has 0 bridgehead atoms. The van der Waals surface area contributed by atoms with E-state index in [1.807, 2.05) is 13.8 Å². The number of hydrogen-bond donors (Lipinski definition) is 1. The molecule has 0 radical (unpaired) electrons. The molecular formula is C10H15NO3. The first-order valence-corrected chi connectivity index (χ1v) is 4.77. The summed E-state index contributed by atoms with van der Waals surface area (Å²) in [6.45, 7) is 3.71. The largest absolute Gasteiger partial charge is 0.396 e. The number of aliphatic hydroxyl groups is 1. The van der Waals surface area contributed by atoms with E-state index in [0.29, 0.717) is 6.42 Å². The van der Waals surface area contributed by atoms with Crippen molar-refractivity contribution in [2.24, 2.45) is 5.92 Å². The molecule has 1 aliphatic rings. The molecule has 1 aliphatic heterocycles. The highest BCUT2D eigenvalue weighted by Crippen LogP contribution is 2.18. The molecule has 0 fully saturated rings. The number of nitrogens with zero attached hydrogens (tertiary/aromatic N) is 1. The van der Waals surface area contributed by atoms with Crippen molar-refractivity contribution < 1.29 is 14.7 Å². The van der Waals surface area contributed by atoms with Crippen molar-refractivity contribution >= 4 is 11.8 Å². The molecule has 0 saturated heterocycles. The Kier molecular flexibility index (Phi) is 3.41. The number of hydrogen-bond acceptors (Lipinski definition) is 3. The molecule has 2 amide bonds. The van der Waals surface area contributed by atoms with Gasteiger partial charge < -0.3 is 5.11 Å². The Morgan fingerprint density at radius 2 is 1.86 bits per heavy atom. The van der Waals surface area contributed by atoms with E-state index in [1.54, 1.807) is 0 Å². The van der Waals surface area contributed by atoms with Gasteiger partial charge in [0.1, 0.15) is 0 Å². The van der Waals surface area contributed by atoms with Crippen LogP contribution in [0.4, 0.5) is 0 Å². The molecule has 1 rings (SSSR count). The number of amides is 2. The molecule has 4 heteroatoms. The molecule has 0 aliphatic carbocycles. The van der Waals surface area contributed by atoms with E-state index in [1.165, 1.54) is 17.1 Å². The maximum absolute atomic E-state index is 11.3. The van der Waals surface area contributed by atoms with Crippen LogP contribution in [-0.2, 0) is 9.59 Å². The van der Waals surface area contributed by atoms with Crippen LogP contribution >= 0.6 is 0 Å². The van der Waals surface area contributed by atoms with Crippen molar-refractivity contribution in [3.05, 3.63) is 12.2 Å². The van der Waals surface area contributed by atoms with Crippen LogP contribution in [0.5, 0.6) is 0 Å². The lowest BCUT2D eigenvalue weighted by molar-refractivity contribution is -0.141. The summed E-state index contributed by atoms with van der Waals surface area (Å²) in [7, 11) is 0. The smallest absolute Gasteiger partial charge is 0.253 e. The van der Waals surface area contributed by atoms with E-state index < -0.39 is 0 Å². The van der Waals surface area contributed by atoms with Gasteiger partial charge in [0.05, 0.1) is 0 Å². The van der Waals surface area contributed by atoms with E-state index >= 15 is 0 Å². The van der Waals surface area contributed by atoms with Crippen LogP contribution < -0.4 is 0 Å². The summed E-state index contributed by atoms with van der Waals surface area (Å²) in [4.78, 5) is 23.9. The van der Waals surface area contributed by atoms with Gasteiger partial charge in [-0.2, -0.15) is 0 Å². The first-order valence-electron chi connectivity index (χ1n) is 4.77. The van der Waals surface area contributed by atoms with E-state index in [4.69, 9.17) is 5.11 Å². The van der Waals surface area contributed by atoms with Gasteiger partial charge in [0.2, 0.25) is 0 Å². The molecule has 1 heterocycles. The van der Waals surface area contributed by atoms with Gasteiger partial charge in [-0.25, -0.2) is 0 Å². The molecular weight excluding hydrogens is 182 g/mol. The number of aliphatic hydroxyl groups excluding tert-OH is 1. The van der Waals surface area contributed by atoms with Crippen LogP contribution in [0.1, 0.15) is 20.3 Å². The molecule has 0 aromatic rings. The Morgan fingerprint density at radius 3 is 2.21 bits per heavy atom. The highest BCUT2D eigenvalue weighted by Gasteiger charge is 2.32. The molecule has 1 N–H and O–H groups in total. The zero-order valence-electron chi connectivity index (χ0n) is 8.43. The second-order valence-corrected chi connectivity index (χ2v) is 3.52. The second-order valence-electron chi connectivity index (χ2n) is 3.52. The predicted octanol–water partition coefficient (Wildman–Crippen LogP) is 0.318. The van der Waals surface area contributed by atoms with Crippen LogP contribution in [0.2, 0.25) is 0 Å². The summed E-state index contributed by atoms with van der Waals surface area (Å²) in [6, 6.07) is -0.199. The number of carbonyl (C=O) groups is 2. The van der Waals surface area contributed by atoms with Crippen molar-refractivity contribution in [3.63, 3.8) is 0 Å². The molecule has 14 heavy (non-hydrogen) atoms. The van der Waals surface area contributed by atoms with E-state index in [2.05, 4.69) is 0 Å². The quantitative estimate of drug-likeness (QED) is 0.660. The van der Waals surface area contributed by atoms with Gasteiger partial charge in [0, 0.05) is 30.7 Å². The number of imide groups is 1. The van der Waals surface area contributed by atoms with Gasteiger partial charge >= 0.3 is 0 Å². The van der Waals surface area contributed by atoms with Crippen LogP contribution in [-0.4, -0.2) is 34.5 Å². The zero-order valence-corrected chi connectivity index (χ0v) is 8.43. The molecule has 4 nitrogen and oxygen atoms in total. The summed E-state index contributed by atoms with van der Waals surface area (Å²) >= 11 is 0. The minimum Gasteiger partial charge on any atom is -0.396 e. The predicted molar refractivity (Wildman–Crippen MR) is 51.3 cm³/mol. The lowest BCUT2D eigenvalue weighted by atomic mass is 9.99. The Morgan fingerprint density at radius 1 is 1.36 bits per heavy atom. The van der Waals surface area contributed by atoms with Crippen molar-refractivity contribution in [3.8, 4) is 0 Å². The second kappa shape index (κ2) is 4.37. The lowest BCUT2D eigenvalue weighted by Gasteiger charge is -2.29. The van der Waals surface area contributed by atoms with Gasteiger partial charge in [-0.05, 0) is 6.42 Å². The molecule has 0 spiro atoms.